The summed E-state index contributed by atoms with van der Waals surface area (Å²) in [6.07, 6.45) is 6.94. The maximum Gasteiger partial charge on any atom is 0.237 e. The van der Waals surface area contributed by atoms with Gasteiger partial charge in [-0.2, -0.15) is 0 Å². The van der Waals surface area contributed by atoms with Crippen molar-refractivity contribution in [1.82, 2.24) is 20.2 Å². The molecule has 0 bridgehead atoms. The van der Waals surface area contributed by atoms with Crippen molar-refractivity contribution in [3.63, 3.8) is 0 Å². The first-order chi connectivity index (χ1) is 12.3. The van der Waals surface area contributed by atoms with Crippen LogP contribution in [-0.2, 0) is 17.1 Å². The van der Waals surface area contributed by atoms with E-state index >= 15 is 0 Å². The maximum atomic E-state index is 12.1. The first kappa shape index (κ1) is 17.9. The minimum atomic E-state index is -0.0362. The Labute approximate surface area is 153 Å². The van der Waals surface area contributed by atoms with Crippen LogP contribution in [0.25, 0.3) is 0 Å². The van der Waals surface area contributed by atoms with Gasteiger partial charge in [-0.05, 0) is 24.9 Å². The van der Waals surface area contributed by atoms with Gasteiger partial charge in [0.1, 0.15) is 0 Å². The zero-order valence-corrected chi connectivity index (χ0v) is 15.3. The van der Waals surface area contributed by atoms with E-state index in [0.717, 1.165) is 48.8 Å². The van der Waals surface area contributed by atoms with Crippen LogP contribution in [0.4, 0.5) is 0 Å². The lowest BCUT2D eigenvalue weighted by Gasteiger charge is -2.34. The third-order valence-electron chi connectivity index (χ3n) is 4.44. The number of rotatable bonds is 6. The van der Waals surface area contributed by atoms with Gasteiger partial charge in [0.2, 0.25) is 5.91 Å². The van der Waals surface area contributed by atoms with E-state index in [1.807, 2.05) is 30.6 Å². The van der Waals surface area contributed by atoms with Crippen LogP contribution in [0.3, 0.4) is 0 Å². The van der Waals surface area contributed by atoms with Crippen LogP contribution < -0.4 is 5.32 Å². The molecule has 1 aliphatic rings. The Kier molecular flexibility index (Phi) is 6.42. The highest BCUT2D eigenvalue weighted by molar-refractivity contribution is 7.98. The van der Waals surface area contributed by atoms with Crippen LogP contribution in [0.15, 0.2) is 47.9 Å². The first-order valence-corrected chi connectivity index (χ1v) is 9.68. The summed E-state index contributed by atoms with van der Waals surface area (Å²) in [5.74, 6) is 0.973. The molecule has 1 atom stereocenters. The summed E-state index contributed by atoms with van der Waals surface area (Å²) in [5, 5.41) is 3.56. The molecule has 25 heavy (non-hydrogen) atoms. The second kappa shape index (κ2) is 8.97. The highest BCUT2D eigenvalue weighted by Crippen LogP contribution is 2.21. The number of thioether (sulfide) groups is 1. The van der Waals surface area contributed by atoms with Crippen molar-refractivity contribution in [2.75, 3.05) is 13.6 Å². The number of piperidine rings is 1. The van der Waals surface area contributed by atoms with Gasteiger partial charge < -0.3 is 5.32 Å². The molecule has 132 valence electrons. The van der Waals surface area contributed by atoms with E-state index in [9.17, 15) is 4.79 Å². The van der Waals surface area contributed by atoms with Crippen LogP contribution in [0.1, 0.15) is 30.4 Å². The van der Waals surface area contributed by atoms with Gasteiger partial charge in [-0.1, -0.05) is 48.5 Å². The normalized spacial score (nSPS) is 18.0. The van der Waals surface area contributed by atoms with Crippen molar-refractivity contribution >= 4 is 17.7 Å². The second-order valence-corrected chi connectivity index (χ2v) is 7.19. The van der Waals surface area contributed by atoms with E-state index in [1.165, 1.54) is 5.56 Å². The maximum absolute atomic E-state index is 12.1. The monoisotopic (exact) mass is 356 g/mol. The summed E-state index contributed by atoms with van der Waals surface area (Å²) < 4.78 is 0. The van der Waals surface area contributed by atoms with Gasteiger partial charge in [0, 0.05) is 37.3 Å². The van der Waals surface area contributed by atoms with Gasteiger partial charge in [-0.3, -0.25) is 9.69 Å². The number of likely N-dealkylation sites (N-methyl/N-ethyl adjacent to an activating group) is 1. The summed E-state index contributed by atoms with van der Waals surface area (Å²) in [6.45, 7) is 1.67. The number of amides is 1. The fourth-order valence-electron chi connectivity index (χ4n) is 3.10. The molecule has 0 spiro atoms. The average Bonchev–Trinajstić information content (AvgIpc) is 2.68. The molecule has 5 nitrogen and oxygen atoms in total. The number of benzene rings is 1. The van der Waals surface area contributed by atoms with Gasteiger partial charge in [0.15, 0.2) is 5.16 Å². The Morgan fingerprint density at radius 3 is 2.68 bits per heavy atom. The molecule has 1 amide bonds. The van der Waals surface area contributed by atoms with E-state index in [0.29, 0.717) is 0 Å². The standard InChI is InChI=1S/C19H24N4OS/c1-20-18(24)17-9-5-6-10-23(17)13-16-11-21-19(22-12-16)25-14-15-7-3-2-4-8-15/h2-4,7-8,11-12,17H,5-6,9-10,13-14H2,1H3,(H,20,24)/t17-/m0/s1. The second-order valence-electron chi connectivity index (χ2n) is 6.24. The Morgan fingerprint density at radius 1 is 1.20 bits per heavy atom. The Balaban J connectivity index is 1.57. The Morgan fingerprint density at radius 2 is 1.96 bits per heavy atom. The fourth-order valence-corrected chi connectivity index (χ4v) is 3.84. The lowest BCUT2D eigenvalue weighted by molar-refractivity contribution is -0.127. The van der Waals surface area contributed by atoms with Crippen LogP contribution in [0.2, 0.25) is 0 Å². The zero-order valence-electron chi connectivity index (χ0n) is 14.5. The van der Waals surface area contributed by atoms with Gasteiger partial charge >= 0.3 is 0 Å². The predicted octanol–water partition coefficient (Wildman–Crippen LogP) is 2.87. The van der Waals surface area contributed by atoms with E-state index in [2.05, 4.69) is 32.3 Å². The highest BCUT2D eigenvalue weighted by atomic mass is 32.2. The van der Waals surface area contributed by atoms with Gasteiger partial charge in [0.05, 0.1) is 6.04 Å². The molecule has 1 aromatic heterocycles. The van der Waals surface area contributed by atoms with E-state index in [-0.39, 0.29) is 11.9 Å². The van der Waals surface area contributed by atoms with Crippen molar-refractivity contribution in [3.8, 4) is 0 Å². The van der Waals surface area contributed by atoms with Crippen LogP contribution in [0.5, 0.6) is 0 Å². The molecule has 1 saturated heterocycles. The average molecular weight is 356 g/mol. The smallest absolute Gasteiger partial charge is 0.237 e. The van der Waals surface area contributed by atoms with Crippen molar-refractivity contribution < 1.29 is 4.79 Å². The lowest BCUT2D eigenvalue weighted by Crippen LogP contribution is -2.48. The molecule has 0 radical (unpaired) electrons. The molecule has 1 fully saturated rings. The van der Waals surface area contributed by atoms with Gasteiger partial charge in [0.25, 0.3) is 0 Å². The van der Waals surface area contributed by atoms with Gasteiger partial charge in [-0.25, -0.2) is 9.97 Å². The summed E-state index contributed by atoms with van der Waals surface area (Å²) in [5.41, 5.74) is 2.32. The largest absolute Gasteiger partial charge is 0.358 e. The molecule has 0 saturated carbocycles. The molecule has 0 aliphatic carbocycles. The summed E-state index contributed by atoms with van der Waals surface area (Å²) in [6, 6.07) is 10.3. The van der Waals surface area contributed by atoms with E-state index in [1.54, 1.807) is 18.8 Å². The third kappa shape index (κ3) is 5.03. The number of carbonyl (C=O) groups is 1. The quantitative estimate of drug-likeness (QED) is 0.637. The number of nitrogens with zero attached hydrogens (tertiary/aromatic N) is 3. The molecular formula is C19H24N4OS. The predicted molar refractivity (Wildman–Crippen MR) is 100 cm³/mol. The third-order valence-corrected chi connectivity index (χ3v) is 5.39. The fraction of sp³-hybridized carbons (Fsp3) is 0.421. The molecule has 0 unspecified atom stereocenters. The van der Waals surface area contributed by atoms with Crippen molar-refractivity contribution in [2.45, 2.75) is 42.8 Å². The number of likely N-dealkylation sites (tertiary alicyclic amines) is 1. The number of aromatic nitrogens is 2. The molecule has 1 N–H and O–H groups in total. The molecule has 1 aliphatic heterocycles. The van der Waals surface area contributed by atoms with E-state index in [4.69, 9.17) is 0 Å². The minimum absolute atomic E-state index is 0.0362. The summed E-state index contributed by atoms with van der Waals surface area (Å²) >= 11 is 1.64. The SMILES string of the molecule is CNC(=O)[C@@H]1CCCCN1Cc1cnc(SCc2ccccc2)nc1. The topological polar surface area (TPSA) is 58.1 Å². The minimum Gasteiger partial charge on any atom is -0.358 e. The zero-order chi connectivity index (χ0) is 17.5. The van der Waals surface area contributed by atoms with Crippen LogP contribution in [0, 0.1) is 0 Å². The number of carbonyl (C=O) groups excluding carboxylic acids is 1. The van der Waals surface area contributed by atoms with Crippen LogP contribution >= 0.6 is 11.8 Å². The highest BCUT2D eigenvalue weighted by Gasteiger charge is 2.27. The summed E-state index contributed by atoms with van der Waals surface area (Å²) in [4.78, 5) is 23.2. The van der Waals surface area contributed by atoms with Crippen molar-refractivity contribution in [3.05, 3.63) is 53.9 Å². The Hall–Kier alpha value is -1.92. The van der Waals surface area contributed by atoms with E-state index < -0.39 is 0 Å². The Bertz CT molecular complexity index is 678. The van der Waals surface area contributed by atoms with Gasteiger partial charge in [-0.15, -0.1) is 0 Å². The molecule has 6 heteroatoms. The molecule has 3 rings (SSSR count). The lowest BCUT2D eigenvalue weighted by atomic mass is 10.0. The molecule has 2 aromatic rings. The summed E-state index contributed by atoms with van der Waals surface area (Å²) in [7, 11) is 1.71. The molecule has 1 aromatic carbocycles. The number of nitrogens with one attached hydrogen (secondary N) is 1. The van der Waals surface area contributed by atoms with Crippen molar-refractivity contribution in [1.29, 1.82) is 0 Å². The van der Waals surface area contributed by atoms with Crippen molar-refractivity contribution in [2.24, 2.45) is 0 Å². The molecular weight excluding hydrogens is 332 g/mol. The van der Waals surface area contributed by atoms with Crippen LogP contribution in [-0.4, -0.2) is 40.4 Å². The molecule has 2 heterocycles. The number of hydrogen-bond acceptors (Lipinski definition) is 5. The number of hydrogen-bond donors (Lipinski definition) is 1. The first-order valence-electron chi connectivity index (χ1n) is 8.69.